The van der Waals surface area contributed by atoms with E-state index in [2.05, 4.69) is 16.4 Å². The fraction of sp³-hybridized carbons (Fsp3) is 0.444. The summed E-state index contributed by atoms with van der Waals surface area (Å²) in [6, 6.07) is 4.64. The SMILES string of the molecule is c1cncc(C2CSCCN2)c1. The van der Waals surface area contributed by atoms with Gasteiger partial charge in [-0.2, -0.15) is 11.8 Å². The fourth-order valence-corrected chi connectivity index (χ4v) is 2.34. The van der Waals surface area contributed by atoms with Gasteiger partial charge in [0, 0.05) is 36.5 Å². The number of aromatic nitrogens is 1. The molecule has 1 fully saturated rings. The molecule has 0 spiro atoms. The van der Waals surface area contributed by atoms with E-state index in [0.29, 0.717) is 6.04 Å². The predicted molar refractivity (Wildman–Crippen MR) is 52.3 cm³/mol. The Labute approximate surface area is 76.8 Å². The molecule has 2 heterocycles. The molecule has 1 aromatic heterocycles. The lowest BCUT2D eigenvalue weighted by Gasteiger charge is -2.22. The summed E-state index contributed by atoms with van der Waals surface area (Å²) in [5.74, 6) is 2.41. The van der Waals surface area contributed by atoms with Gasteiger partial charge in [0.1, 0.15) is 0 Å². The third-order valence-electron chi connectivity index (χ3n) is 2.01. The summed E-state index contributed by atoms with van der Waals surface area (Å²) in [5, 5.41) is 3.47. The van der Waals surface area contributed by atoms with Gasteiger partial charge in [-0.1, -0.05) is 6.07 Å². The Hall–Kier alpha value is -0.540. The number of thioether (sulfide) groups is 1. The molecule has 1 saturated heterocycles. The van der Waals surface area contributed by atoms with Crippen LogP contribution in [0.5, 0.6) is 0 Å². The Balaban J connectivity index is 2.08. The maximum atomic E-state index is 4.11. The maximum Gasteiger partial charge on any atom is 0.0427 e. The van der Waals surface area contributed by atoms with Crippen molar-refractivity contribution in [3.63, 3.8) is 0 Å². The summed E-state index contributed by atoms with van der Waals surface area (Å²) in [6.07, 6.45) is 3.77. The van der Waals surface area contributed by atoms with E-state index < -0.39 is 0 Å². The van der Waals surface area contributed by atoms with Gasteiger partial charge in [0.05, 0.1) is 0 Å². The van der Waals surface area contributed by atoms with Crippen molar-refractivity contribution in [2.45, 2.75) is 6.04 Å². The Kier molecular flexibility index (Phi) is 2.64. The van der Waals surface area contributed by atoms with E-state index in [1.54, 1.807) is 0 Å². The minimum Gasteiger partial charge on any atom is -0.308 e. The van der Waals surface area contributed by atoms with Crippen LogP contribution in [0.1, 0.15) is 11.6 Å². The highest BCUT2D eigenvalue weighted by Crippen LogP contribution is 2.20. The van der Waals surface area contributed by atoms with E-state index >= 15 is 0 Å². The number of nitrogens with zero attached hydrogens (tertiary/aromatic N) is 1. The molecule has 12 heavy (non-hydrogen) atoms. The molecule has 1 N–H and O–H groups in total. The van der Waals surface area contributed by atoms with Crippen molar-refractivity contribution >= 4 is 11.8 Å². The van der Waals surface area contributed by atoms with Gasteiger partial charge in [-0.05, 0) is 11.6 Å². The van der Waals surface area contributed by atoms with Crippen LogP contribution in [0.3, 0.4) is 0 Å². The molecule has 2 nitrogen and oxygen atoms in total. The summed E-state index contributed by atoms with van der Waals surface area (Å²) in [7, 11) is 0. The lowest BCUT2D eigenvalue weighted by molar-refractivity contribution is 0.593. The van der Waals surface area contributed by atoms with E-state index in [-0.39, 0.29) is 0 Å². The first kappa shape index (κ1) is 8.08. The van der Waals surface area contributed by atoms with Crippen molar-refractivity contribution in [3.8, 4) is 0 Å². The second kappa shape index (κ2) is 3.92. The molecule has 1 aliphatic heterocycles. The molecule has 0 radical (unpaired) electrons. The molecule has 1 aromatic rings. The first-order valence-electron chi connectivity index (χ1n) is 4.18. The van der Waals surface area contributed by atoms with E-state index in [9.17, 15) is 0 Å². The van der Waals surface area contributed by atoms with Crippen LogP contribution in [-0.2, 0) is 0 Å². The van der Waals surface area contributed by atoms with E-state index in [1.165, 1.54) is 17.1 Å². The average molecular weight is 180 g/mol. The van der Waals surface area contributed by atoms with Crippen LogP contribution in [0.25, 0.3) is 0 Å². The zero-order chi connectivity index (χ0) is 8.23. The predicted octanol–water partition coefficient (Wildman–Crippen LogP) is 1.46. The Bertz CT molecular complexity index is 232. The number of hydrogen-bond acceptors (Lipinski definition) is 3. The third kappa shape index (κ3) is 1.79. The monoisotopic (exact) mass is 180 g/mol. The Morgan fingerprint density at radius 1 is 1.58 bits per heavy atom. The quantitative estimate of drug-likeness (QED) is 0.708. The van der Waals surface area contributed by atoms with Crippen molar-refractivity contribution in [1.82, 2.24) is 10.3 Å². The molecule has 1 unspecified atom stereocenters. The molecule has 0 aromatic carbocycles. The highest BCUT2D eigenvalue weighted by atomic mass is 32.2. The fourth-order valence-electron chi connectivity index (χ4n) is 1.36. The van der Waals surface area contributed by atoms with Gasteiger partial charge in [-0.25, -0.2) is 0 Å². The second-order valence-electron chi connectivity index (χ2n) is 2.87. The van der Waals surface area contributed by atoms with Gasteiger partial charge >= 0.3 is 0 Å². The molecule has 0 aliphatic carbocycles. The number of hydrogen-bond donors (Lipinski definition) is 1. The van der Waals surface area contributed by atoms with Crippen molar-refractivity contribution in [3.05, 3.63) is 30.1 Å². The normalized spacial score (nSPS) is 23.8. The highest BCUT2D eigenvalue weighted by Gasteiger charge is 2.14. The van der Waals surface area contributed by atoms with Crippen LogP contribution < -0.4 is 5.32 Å². The standard InChI is InChI=1S/C9H12N2S/c1-2-8(6-10-3-1)9-7-12-5-4-11-9/h1-3,6,9,11H,4-5,7H2. The number of pyridine rings is 1. The first-order valence-corrected chi connectivity index (χ1v) is 5.33. The second-order valence-corrected chi connectivity index (χ2v) is 4.02. The third-order valence-corrected chi connectivity index (χ3v) is 3.07. The lowest BCUT2D eigenvalue weighted by Crippen LogP contribution is -2.30. The molecular weight excluding hydrogens is 168 g/mol. The molecule has 0 saturated carbocycles. The summed E-state index contributed by atoms with van der Waals surface area (Å²) in [4.78, 5) is 4.11. The minimum atomic E-state index is 0.512. The van der Waals surface area contributed by atoms with E-state index in [1.807, 2.05) is 30.2 Å². The smallest absolute Gasteiger partial charge is 0.0427 e. The molecular formula is C9H12N2S. The van der Waals surface area contributed by atoms with Crippen LogP contribution >= 0.6 is 11.8 Å². The summed E-state index contributed by atoms with van der Waals surface area (Å²) < 4.78 is 0. The van der Waals surface area contributed by atoms with Gasteiger partial charge in [0.2, 0.25) is 0 Å². The molecule has 2 rings (SSSR count). The minimum absolute atomic E-state index is 0.512. The average Bonchev–Trinajstić information content (AvgIpc) is 2.21. The molecule has 0 bridgehead atoms. The summed E-state index contributed by atoms with van der Waals surface area (Å²) in [5.41, 5.74) is 1.31. The molecule has 3 heteroatoms. The van der Waals surface area contributed by atoms with Crippen LogP contribution in [0.15, 0.2) is 24.5 Å². The van der Waals surface area contributed by atoms with Crippen molar-refractivity contribution in [1.29, 1.82) is 0 Å². The van der Waals surface area contributed by atoms with Gasteiger partial charge in [-0.15, -0.1) is 0 Å². The number of rotatable bonds is 1. The van der Waals surface area contributed by atoms with Crippen LogP contribution in [0.4, 0.5) is 0 Å². The molecule has 64 valence electrons. The highest BCUT2D eigenvalue weighted by molar-refractivity contribution is 7.99. The Morgan fingerprint density at radius 2 is 2.58 bits per heavy atom. The topological polar surface area (TPSA) is 24.9 Å². The molecule has 1 atom stereocenters. The summed E-state index contributed by atoms with van der Waals surface area (Å²) >= 11 is 2.01. The zero-order valence-corrected chi connectivity index (χ0v) is 7.68. The number of nitrogens with one attached hydrogen (secondary N) is 1. The maximum absolute atomic E-state index is 4.11. The lowest BCUT2D eigenvalue weighted by atomic mass is 10.1. The van der Waals surface area contributed by atoms with Gasteiger partial charge < -0.3 is 5.32 Å². The zero-order valence-electron chi connectivity index (χ0n) is 6.86. The van der Waals surface area contributed by atoms with Crippen molar-refractivity contribution < 1.29 is 0 Å². The van der Waals surface area contributed by atoms with Gasteiger partial charge in [0.15, 0.2) is 0 Å². The Morgan fingerprint density at radius 3 is 3.25 bits per heavy atom. The van der Waals surface area contributed by atoms with Crippen molar-refractivity contribution in [2.75, 3.05) is 18.1 Å². The van der Waals surface area contributed by atoms with E-state index in [0.717, 1.165) is 6.54 Å². The van der Waals surface area contributed by atoms with Gasteiger partial charge in [0.25, 0.3) is 0 Å². The van der Waals surface area contributed by atoms with Gasteiger partial charge in [-0.3, -0.25) is 4.98 Å². The van der Waals surface area contributed by atoms with Crippen LogP contribution in [0, 0.1) is 0 Å². The van der Waals surface area contributed by atoms with E-state index in [4.69, 9.17) is 0 Å². The van der Waals surface area contributed by atoms with Crippen molar-refractivity contribution in [2.24, 2.45) is 0 Å². The first-order chi connectivity index (χ1) is 5.97. The molecule has 0 amide bonds. The largest absolute Gasteiger partial charge is 0.308 e. The summed E-state index contributed by atoms with van der Waals surface area (Å²) in [6.45, 7) is 1.12. The molecule has 1 aliphatic rings. The van der Waals surface area contributed by atoms with Crippen LogP contribution in [0.2, 0.25) is 0 Å². The van der Waals surface area contributed by atoms with Crippen LogP contribution in [-0.4, -0.2) is 23.0 Å².